The van der Waals surface area contributed by atoms with E-state index in [1.165, 1.54) is 7.11 Å². The first-order valence-corrected chi connectivity index (χ1v) is 10.1. The molecule has 0 unspecified atom stereocenters. The zero-order chi connectivity index (χ0) is 21.0. The average Bonchev–Trinajstić information content (AvgIpc) is 2.99. The maximum Gasteiger partial charge on any atom is 0.305 e. The number of halogens is 1. The summed E-state index contributed by atoms with van der Waals surface area (Å²) in [6.07, 6.45) is 0.662. The van der Waals surface area contributed by atoms with E-state index in [9.17, 15) is 9.59 Å². The van der Waals surface area contributed by atoms with Crippen molar-refractivity contribution in [3.8, 4) is 11.1 Å². The molecular weight excluding hydrogens is 432 g/mol. The summed E-state index contributed by atoms with van der Waals surface area (Å²) in [7, 11) is 1.38. The van der Waals surface area contributed by atoms with Crippen LogP contribution in [0.15, 0.2) is 59.1 Å². The molecule has 6 heteroatoms. The number of hydrogen-bond acceptors (Lipinski definition) is 3. The number of methoxy groups -OCH3 is 1. The second-order valence-electron chi connectivity index (χ2n) is 6.80. The number of aromatic nitrogens is 1. The highest BCUT2D eigenvalue weighted by atomic mass is 79.9. The molecule has 0 aliphatic rings. The molecule has 1 heterocycles. The lowest BCUT2D eigenvalue weighted by atomic mass is 9.98. The van der Waals surface area contributed by atoms with Gasteiger partial charge in [-0.1, -0.05) is 58.4 Å². The molecule has 1 aromatic heterocycles. The Morgan fingerprint density at radius 1 is 1.07 bits per heavy atom. The number of nitrogens with zero attached hydrogens (tertiary/aromatic N) is 1. The minimum absolute atomic E-state index is 0.219. The van der Waals surface area contributed by atoms with Crippen LogP contribution in [-0.2, 0) is 22.5 Å². The lowest BCUT2D eigenvalue weighted by Gasteiger charge is -2.13. The van der Waals surface area contributed by atoms with Crippen LogP contribution < -0.4 is 5.73 Å². The number of nitrogens with two attached hydrogens (primary N) is 1. The van der Waals surface area contributed by atoms with Gasteiger partial charge in [0.25, 0.3) is 5.91 Å². The maximum atomic E-state index is 12.4. The molecule has 2 N–H and O–H groups in total. The molecule has 0 fully saturated rings. The van der Waals surface area contributed by atoms with Crippen LogP contribution in [0.2, 0.25) is 0 Å². The van der Waals surface area contributed by atoms with Crippen molar-refractivity contribution < 1.29 is 14.3 Å². The van der Waals surface area contributed by atoms with Crippen molar-refractivity contribution in [2.24, 2.45) is 5.73 Å². The van der Waals surface area contributed by atoms with Crippen molar-refractivity contribution in [1.29, 1.82) is 0 Å². The molecule has 150 valence electrons. The maximum absolute atomic E-state index is 12.4. The molecule has 0 radical (unpaired) electrons. The Morgan fingerprint density at radius 3 is 2.31 bits per heavy atom. The minimum atomic E-state index is -0.480. The number of carbonyl (C=O) groups is 2. The van der Waals surface area contributed by atoms with Gasteiger partial charge in [-0.05, 0) is 36.6 Å². The van der Waals surface area contributed by atoms with E-state index in [0.29, 0.717) is 18.5 Å². The molecule has 29 heavy (non-hydrogen) atoms. The number of primary amides is 1. The van der Waals surface area contributed by atoms with Crippen LogP contribution in [-0.4, -0.2) is 23.6 Å². The zero-order valence-corrected chi connectivity index (χ0v) is 18.0. The topological polar surface area (TPSA) is 74.3 Å². The number of benzene rings is 2. The van der Waals surface area contributed by atoms with E-state index < -0.39 is 5.91 Å². The SMILES string of the molecule is COC(=O)CCc1c(-c2ccc(Br)cc2)c(C(N)=O)c(C)n1Cc1ccccc1. The van der Waals surface area contributed by atoms with Gasteiger partial charge in [-0.3, -0.25) is 9.59 Å². The van der Waals surface area contributed by atoms with Crippen molar-refractivity contribution in [1.82, 2.24) is 4.57 Å². The summed E-state index contributed by atoms with van der Waals surface area (Å²) in [6, 6.07) is 17.7. The lowest BCUT2D eigenvalue weighted by molar-refractivity contribution is -0.140. The fourth-order valence-corrected chi connectivity index (χ4v) is 3.85. The Bertz CT molecular complexity index is 1020. The van der Waals surface area contributed by atoms with Gasteiger partial charge in [0.1, 0.15) is 0 Å². The first-order chi connectivity index (χ1) is 13.9. The molecule has 1 amide bonds. The summed E-state index contributed by atoms with van der Waals surface area (Å²) in [5, 5.41) is 0. The molecule has 0 atom stereocenters. The van der Waals surface area contributed by atoms with Gasteiger partial charge in [-0.15, -0.1) is 0 Å². The molecule has 0 saturated heterocycles. The summed E-state index contributed by atoms with van der Waals surface area (Å²) >= 11 is 3.45. The van der Waals surface area contributed by atoms with Crippen molar-refractivity contribution in [2.75, 3.05) is 7.11 Å². The van der Waals surface area contributed by atoms with Gasteiger partial charge in [-0.25, -0.2) is 0 Å². The summed E-state index contributed by atoms with van der Waals surface area (Å²) in [4.78, 5) is 24.2. The Labute approximate surface area is 178 Å². The van der Waals surface area contributed by atoms with Crippen LogP contribution in [0.1, 0.15) is 33.7 Å². The summed E-state index contributed by atoms with van der Waals surface area (Å²) in [5.41, 5.74) is 10.7. The normalized spacial score (nSPS) is 10.7. The van der Waals surface area contributed by atoms with Gasteiger partial charge in [-0.2, -0.15) is 0 Å². The number of rotatable bonds is 7. The Hall–Kier alpha value is -2.86. The van der Waals surface area contributed by atoms with Crippen LogP contribution >= 0.6 is 15.9 Å². The third-order valence-corrected chi connectivity index (χ3v) is 5.52. The smallest absolute Gasteiger partial charge is 0.305 e. The van der Waals surface area contributed by atoms with E-state index in [-0.39, 0.29) is 12.4 Å². The van der Waals surface area contributed by atoms with E-state index in [0.717, 1.165) is 32.6 Å². The standard InChI is InChI=1S/C23H23BrN2O3/c1-15-21(23(25)28)22(17-8-10-18(24)11-9-17)19(12-13-20(27)29-2)26(15)14-16-6-4-3-5-7-16/h3-11H,12-14H2,1-2H3,(H2,25,28). The number of esters is 1. The molecule has 3 rings (SSSR count). The third-order valence-electron chi connectivity index (χ3n) is 4.99. The van der Waals surface area contributed by atoms with Crippen LogP contribution in [0.25, 0.3) is 11.1 Å². The molecular formula is C23H23BrN2O3. The molecule has 0 spiro atoms. The van der Waals surface area contributed by atoms with Crippen molar-refractivity contribution in [3.05, 3.63) is 81.6 Å². The quantitative estimate of drug-likeness (QED) is 0.534. The zero-order valence-electron chi connectivity index (χ0n) is 16.4. The Kier molecular flexibility index (Phi) is 6.54. The second kappa shape index (κ2) is 9.09. The largest absolute Gasteiger partial charge is 0.469 e. The van der Waals surface area contributed by atoms with Crippen LogP contribution in [0.4, 0.5) is 0 Å². The van der Waals surface area contributed by atoms with E-state index >= 15 is 0 Å². The molecule has 0 saturated carbocycles. The van der Waals surface area contributed by atoms with Crippen molar-refractivity contribution >= 4 is 27.8 Å². The van der Waals surface area contributed by atoms with Crippen LogP contribution in [0.3, 0.4) is 0 Å². The Balaban J connectivity index is 2.20. The molecule has 0 aliphatic carbocycles. The van der Waals surface area contributed by atoms with E-state index in [2.05, 4.69) is 20.5 Å². The summed E-state index contributed by atoms with van der Waals surface area (Å²) in [5.74, 6) is -0.774. The highest BCUT2D eigenvalue weighted by Crippen LogP contribution is 2.35. The Morgan fingerprint density at radius 2 is 1.72 bits per heavy atom. The van der Waals surface area contributed by atoms with E-state index in [4.69, 9.17) is 10.5 Å². The van der Waals surface area contributed by atoms with Gasteiger partial charge in [0, 0.05) is 28.0 Å². The predicted molar refractivity (Wildman–Crippen MR) is 117 cm³/mol. The fourth-order valence-electron chi connectivity index (χ4n) is 3.59. The molecule has 2 aromatic carbocycles. The van der Waals surface area contributed by atoms with Crippen molar-refractivity contribution in [2.45, 2.75) is 26.3 Å². The van der Waals surface area contributed by atoms with Gasteiger partial charge in [0.05, 0.1) is 19.1 Å². The minimum Gasteiger partial charge on any atom is -0.469 e. The van der Waals surface area contributed by atoms with Gasteiger partial charge >= 0.3 is 5.97 Å². The second-order valence-corrected chi connectivity index (χ2v) is 7.72. The summed E-state index contributed by atoms with van der Waals surface area (Å²) < 4.78 is 7.85. The predicted octanol–water partition coefficient (Wildman–Crippen LogP) is 4.48. The highest BCUT2D eigenvalue weighted by molar-refractivity contribution is 9.10. The van der Waals surface area contributed by atoms with E-state index in [1.54, 1.807) is 0 Å². The van der Waals surface area contributed by atoms with Crippen molar-refractivity contribution in [3.63, 3.8) is 0 Å². The van der Waals surface area contributed by atoms with Crippen LogP contribution in [0, 0.1) is 6.92 Å². The number of hydrogen-bond donors (Lipinski definition) is 1. The number of amides is 1. The first kappa shape index (κ1) is 20.9. The molecule has 5 nitrogen and oxygen atoms in total. The van der Waals surface area contributed by atoms with Crippen LogP contribution in [0.5, 0.6) is 0 Å². The molecule has 0 bridgehead atoms. The first-order valence-electron chi connectivity index (χ1n) is 9.30. The number of carbonyl (C=O) groups excluding carboxylic acids is 2. The monoisotopic (exact) mass is 454 g/mol. The molecule has 0 aliphatic heterocycles. The highest BCUT2D eigenvalue weighted by Gasteiger charge is 2.25. The van der Waals surface area contributed by atoms with Gasteiger partial charge in [0.15, 0.2) is 0 Å². The van der Waals surface area contributed by atoms with Gasteiger partial charge in [0.2, 0.25) is 0 Å². The summed E-state index contributed by atoms with van der Waals surface area (Å²) in [6.45, 7) is 2.48. The average molecular weight is 455 g/mol. The molecule has 3 aromatic rings. The lowest BCUT2D eigenvalue weighted by Crippen LogP contribution is -2.13. The third kappa shape index (κ3) is 4.59. The van der Waals surface area contributed by atoms with E-state index in [1.807, 2.05) is 61.5 Å². The fraction of sp³-hybridized carbons (Fsp3) is 0.217. The number of ether oxygens (including phenoxy) is 1. The van der Waals surface area contributed by atoms with Gasteiger partial charge < -0.3 is 15.0 Å².